The lowest BCUT2D eigenvalue weighted by Crippen LogP contribution is -1.98. The lowest BCUT2D eigenvalue weighted by atomic mass is 10.0. The SMILES string of the molecule is CSc1nnc(-c2ccccc2)c(-c2cccc(C)c2)n1. The molecule has 0 unspecified atom stereocenters. The molecule has 0 bridgehead atoms. The van der Waals surface area contributed by atoms with E-state index < -0.39 is 0 Å². The fourth-order valence-corrected chi connectivity index (χ4v) is 2.49. The molecule has 0 atom stereocenters. The van der Waals surface area contributed by atoms with Crippen LogP contribution in [0.15, 0.2) is 59.8 Å². The van der Waals surface area contributed by atoms with E-state index in [1.165, 1.54) is 17.3 Å². The summed E-state index contributed by atoms with van der Waals surface area (Å²) in [6.07, 6.45) is 1.96. The van der Waals surface area contributed by atoms with Crippen molar-refractivity contribution < 1.29 is 0 Å². The van der Waals surface area contributed by atoms with E-state index in [2.05, 4.69) is 40.3 Å². The van der Waals surface area contributed by atoms with Crippen molar-refractivity contribution in [2.45, 2.75) is 12.1 Å². The van der Waals surface area contributed by atoms with Crippen LogP contribution < -0.4 is 0 Å². The van der Waals surface area contributed by atoms with Crippen molar-refractivity contribution in [2.24, 2.45) is 0 Å². The smallest absolute Gasteiger partial charge is 0.209 e. The highest BCUT2D eigenvalue weighted by Gasteiger charge is 2.13. The van der Waals surface area contributed by atoms with Crippen LogP contribution in [0.3, 0.4) is 0 Å². The van der Waals surface area contributed by atoms with Gasteiger partial charge in [-0.15, -0.1) is 10.2 Å². The minimum atomic E-state index is 0.686. The van der Waals surface area contributed by atoms with Gasteiger partial charge in [0.1, 0.15) is 11.4 Å². The second-order valence-corrected chi connectivity index (χ2v) is 5.50. The minimum absolute atomic E-state index is 0.686. The van der Waals surface area contributed by atoms with Crippen LogP contribution in [0, 0.1) is 6.92 Å². The van der Waals surface area contributed by atoms with Gasteiger partial charge in [-0.2, -0.15) is 0 Å². The maximum Gasteiger partial charge on any atom is 0.209 e. The first kappa shape index (κ1) is 13.8. The number of rotatable bonds is 3. The van der Waals surface area contributed by atoms with Crippen molar-refractivity contribution in [1.29, 1.82) is 0 Å². The molecule has 0 fully saturated rings. The predicted molar refractivity (Wildman–Crippen MR) is 87.2 cm³/mol. The summed E-state index contributed by atoms with van der Waals surface area (Å²) >= 11 is 1.50. The van der Waals surface area contributed by atoms with Gasteiger partial charge < -0.3 is 0 Å². The van der Waals surface area contributed by atoms with E-state index in [4.69, 9.17) is 0 Å². The average molecular weight is 293 g/mol. The number of hydrogen-bond acceptors (Lipinski definition) is 4. The summed E-state index contributed by atoms with van der Waals surface area (Å²) in [7, 11) is 0. The monoisotopic (exact) mass is 293 g/mol. The molecule has 0 aliphatic rings. The van der Waals surface area contributed by atoms with E-state index in [-0.39, 0.29) is 0 Å². The first-order valence-corrected chi connectivity index (χ1v) is 7.91. The Labute approximate surface area is 128 Å². The summed E-state index contributed by atoms with van der Waals surface area (Å²) in [6, 6.07) is 18.4. The molecule has 0 radical (unpaired) electrons. The summed E-state index contributed by atoms with van der Waals surface area (Å²) in [5.74, 6) is 0. The Morgan fingerprint density at radius 1 is 0.810 bits per heavy atom. The highest BCUT2D eigenvalue weighted by molar-refractivity contribution is 7.98. The summed E-state index contributed by atoms with van der Waals surface area (Å²) in [5.41, 5.74) is 5.00. The predicted octanol–water partition coefficient (Wildman–Crippen LogP) is 4.24. The molecule has 2 aromatic carbocycles. The first-order valence-electron chi connectivity index (χ1n) is 6.69. The topological polar surface area (TPSA) is 38.7 Å². The number of aryl methyl sites for hydroxylation is 1. The number of thioether (sulfide) groups is 1. The molecule has 21 heavy (non-hydrogen) atoms. The molecule has 3 rings (SSSR count). The fourth-order valence-electron chi connectivity index (χ4n) is 2.18. The molecule has 3 nitrogen and oxygen atoms in total. The zero-order valence-corrected chi connectivity index (χ0v) is 12.8. The van der Waals surface area contributed by atoms with Crippen LogP contribution in [0.1, 0.15) is 5.56 Å². The van der Waals surface area contributed by atoms with Gasteiger partial charge in [0.05, 0.1) is 0 Å². The second-order valence-electron chi connectivity index (χ2n) is 4.73. The number of hydrogen-bond donors (Lipinski definition) is 0. The van der Waals surface area contributed by atoms with Gasteiger partial charge in [0.25, 0.3) is 0 Å². The van der Waals surface area contributed by atoms with Crippen LogP contribution in [0.25, 0.3) is 22.5 Å². The van der Waals surface area contributed by atoms with E-state index in [0.29, 0.717) is 5.16 Å². The molecule has 0 amide bonds. The van der Waals surface area contributed by atoms with Crippen molar-refractivity contribution in [3.05, 3.63) is 60.2 Å². The van der Waals surface area contributed by atoms with Gasteiger partial charge in [-0.05, 0) is 19.2 Å². The maximum absolute atomic E-state index is 4.67. The van der Waals surface area contributed by atoms with Crippen LogP contribution >= 0.6 is 11.8 Å². The molecule has 0 saturated heterocycles. The summed E-state index contributed by atoms with van der Waals surface area (Å²) in [4.78, 5) is 4.67. The summed E-state index contributed by atoms with van der Waals surface area (Å²) in [6.45, 7) is 2.08. The Hall–Kier alpha value is -2.20. The van der Waals surface area contributed by atoms with Gasteiger partial charge >= 0.3 is 0 Å². The van der Waals surface area contributed by atoms with Crippen molar-refractivity contribution >= 4 is 11.8 Å². The normalized spacial score (nSPS) is 10.6. The fraction of sp³-hybridized carbons (Fsp3) is 0.118. The third-order valence-electron chi connectivity index (χ3n) is 3.19. The molecule has 3 aromatic rings. The quantitative estimate of drug-likeness (QED) is 0.677. The van der Waals surface area contributed by atoms with E-state index >= 15 is 0 Å². The van der Waals surface area contributed by atoms with Crippen LogP contribution in [0.2, 0.25) is 0 Å². The van der Waals surface area contributed by atoms with Gasteiger partial charge in [0.2, 0.25) is 5.16 Å². The van der Waals surface area contributed by atoms with Crippen molar-refractivity contribution in [1.82, 2.24) is 15.2 Å². The van der Waals surface area contributed by atoms with E-state index in [1.807, 2.05) is 42.7 Å². The maximum atomic E-state index is 4.67. The molecular formula is C17H15N3S. The van der Waals surface area contributed by atoms with Crippen LogP contribution in [-0.2, 0) is 0 Å². The first-order chi connectivity index (χ1) is 10.3. The molecule has 0 aliphatic carbocycles. The standard InChI is InChI=1S/C17H15N3S/c1-12-7-6-10-14(11-12)15-16(13-8-4-3-5-9-13)19-20-17(18-15)21-2/h3-11H,1-2H3. The highest BCUT2D eigenvalue weighted by Crippen LogP contribution is 2.29. The third kappa shape index (κ3) is 2.95. The lowest BCUT2D eigenvalue weighted by Gasteiger charge is -2.09. The number of benzene rings is 2. The summed E-state index contributed by atoms with van der Waals surface area (Å²) in [5, 5.41) is 9.26. The average Bonchev–Trinajstić information content (AvgIpc) is 2.55. The van der Waals surface area contributed by atoms with E-state index in [0.717, 1.165) is 22.5 Å². The second kappa shape index (κ2) is 6.06. The van der Waals surface area contributed by atoms with Gasteiger partial charge in [-0.3, -0.25) is 0 Å². The molecule has 0 saturated carbocycles. The number of aromatic nitrogens is 3. The summed E-state index contributed by atoms with van der Waals surface area (Å²) < 4.78 is 0. The zero-order chi connectivity index (χ0) is 14.7. The zero-order valence-electron chi connectivity index (χ0n) is 11.9. The Kier molecular flexibility index (Phi) is 3.97. The largest absolute Gasteiger partial charge is 0.219 e. The van der Waals surface area contributed by atoms with E-state index in [9.17, 15) is 0 Å². The molecule has 0 aliphatic heterocycles. The molecule has 0 N–H and O–H groups in total. The Bertz CT molecular complexity index is 757. The Morgan fingerprint density at radius 3 is 2.29 bits per heavy atom. The molecule has 1 heterocycles. The molecule has 1 aromatic heterocycles. The van der Waals surface area contributed by atoms with Crippen molar-refractivity contribution in [3.63, 3.8) is 0 Å². The van der Waals surface area contributed by atoms with Gasteiger partial charge in [-0.25, -0.2) is 4.98 Å². The van der Waals surface area contributed by atoms with Crippen LogP contribution in [0.5, 0.6) is 0 Å². The molecule has 0 spiro atoms. The lowest BCUT2D eigenvalue weighted by molar-refractivity contribution is 0.852. The van der Waals surface area contributed by atoms with Crippen LogP contribution in [-0.4, -0.2) is 21.4 Å². The third-order valence-corrected chi connectivity index (χ3v) is 3.73. The van der Waals surface area contributed by atoms with Crippen molar-refractivity contribution in [2.75, 3.05) is 6.26 Å². The minimum Gasteiger partial charge on any atom is -0.219 e. The molecular weight excluding hydrogens is 278 g/mol. The highest BCUT2D eigenvalue weighted by atomic mass is 32.2. The van der Waals surface area contributed by atoms with E-state index in [1.54, 1.807) is 0 Å². The Balaban J connectivity index is 2.21. The van der Waals surface area contributed by atoms with Gasteiger partial charge in [0, 0.05) is 11.1 Å². The number of nitrogens with zero attached hydrogens (tertiary/aromatic N) is 3. The molecule has 104 valence electrons. The van der Waals surface area contributed by atoms with Crippen molar-refractivity contribution in [3.8, 4) is 22.5 Å². The van der Waals surface area contributed by atoms with Crippen LogP contribution in [0.4, 0.5) is 0 Å². The van der Waals surface area contributed by atoms with Gasteiger partial charge in [0.15, 0.2) is 0 Å². The van der Waals surface area contributed by atoms with Gasteiger partial charge in [-0.1, -0.05) is 65.9 Å². The Morgan fingerprint density at radius 2 is 1.57 bits per heavy atom. The molecule has 4 heteroatoms.